The number of ketones is 1. The van der Waals surface area contributed by atoms with Crippen LogP contribution in [-0.2, 0) is 9.53 Å². The largest absolute Gasteiger partial charge is 0.507 e. The van der Waals surface area contributed by atoms with Gasteiger partial charge in [0.2, 0.25) is 0 Å². The monoisotopic (exact) mass is 281 g/mol. The molecule has 1 fully saturated rings. The van der Waals surface area contributed by atoms with Crippen molar-refractivity contribution in [3.63, 3.8) is 0 Å². The highest BCUT2D eigenvalue weighted by molar-refractivity contribution is 6.32. The summed E-state index contributed by atoms with van der Waals surface area (Å²) in [6.45, 7) is 0.238. The summed E-state index contributed by atoms with van der Waals surface area (Å²) in [6.07, 6.45) is 1.83. The van der Waals surface area contributed by atoms with Crippen LogP contribution in [0, 0.1) is 0 Å². The average molecular weight is 282 g/mol. The lowest BCUT2D eigenvalue weighted by molar-refractivity contribution is -0.120. The fourth-order valence-corrected chi connectivity index (χ4v) is 2.03. The third-order valence-electron chi connectivity index (χ3n) is 2.79. The van der Waals surface area contributed by atoms with Crippen molar-refractivity contribution in [2.24, 2.45) is 0 Å². The van der Waals surface area contributed by atoms with Gasteiger partial charge in [-0.3, -0.25) is 4.79 Å². The summed E-state index contributed by atoms with van der Waals surface area (Å²) in [5.41, 5.74) is 1.56. The second-order valence-corrected chi connectivity index (χ2v) is 4.83. The summed E-state index contributed by atoms with van der Waals surface area (Å²) >= 11 is 6.10. The molecule has 2 rings (SSSR count). The zero-order valence-corrected chi connectivity index (χ0v) is 11.5. The topological polar surface area (TPSA) is 58.6 Å². The molecule has 1 aliphatic rings. The van der Waals surface area contributed by atoms with E-state index in [0.717, 1.165) is 18.4 Å². The smallest absolute Gasteiger partial charge is 0.183 e. The van der Waals surface area contributed by atoms with Gasteiger partial charge in [0.1, 0.15) is 18.1 Å². The molecule has 0 bridgehead atoms. The lowest BCUT2D eigenvalue weighted by Crippen LogP contribution is -2.22. The molecule has 1 saturated carbocycles. The van der Waals surface area contributed by atoms with Crippen LogP contribution in [0.5, 0.6) is 5.75 Å². The van der Waals surface area contributed by atoms with Crippen molar-refractivity contribution >= 4 is 23.1 Å². The first-order chi connectivity index (χ1) is 9.13. The summed E-state index contributed by atoms with van der Waals surface area (Å²) in [5, 5.41) is 13.1. The predicted molar refractivity (Wildman–Crippen MR) is 74.2 cm³/mol. The van der Waals surface area contributed by atoms with Gasteiger partial charge in [0, 0.05) is 0 Å². The van der Waals surface area contributed by atoms with E-state index < -0.39 is 0 Å². The number of benzene rings is 1. The highest BCUT2D eigenvalue weighted by Crippen LogP contribution is 2.42. The van der Waals surface area contributed by atoms with Crippen LogP contribution in [-0.4, -0.2) is 31.1 Å². The molecule has 0 radical (unpaired) electrons. The molecular formula is C14H16ClNO3. The maximum atomic E-state index is 11.5. The molecule has 0 spiro atoms. The van der Waals surface area contributed by atoms with Gasteiger partial charge in [0.05, 0.1) is 17.1 Å². The number of halogens is 1. The molecule has 0 aromatic heterocycles. The Morgan fingerprint density at radius 3 is 2.79 bits per heavy atom. The molecule has 0 amide bonds. The van der Waals surface area contributed by atoms with Crippen molar-refractivity contribution in [3.05, 3.63) is 34.4 Å². The molecule has 19 heavy (non-hydrogen) atoms. The van der Waals surface area contributed by atoms with Crippen LogP contribution in [0.4, 0.5) is 0 Å². The molecule has 1 aromatic rings. The summed E-state index contributed by atoms with van der Waals surface area (Å²) in [6, 6.07) is 4.92. The van der Waals surface area contributed by atoms with Crippen LogP contribution in [0.25, 0.3) is 5.76 Å². The normalized spacial score (nSPS) is 13.3. The Labute approximate surface area is 117 Å². The number of carbonyl (C=O) groups excluding carboxylic acids is 1. The maximum Gasteiger partial charge on any atom is 0.183 e. The summed E-state index contributed by atoms with van der Waals surface area (Å²) in [7, 11) is 1.71. The van der Waals surface area contributed by atoms with Gasteiger partial charge in [-0.15, -0.1) is 0 Å². The maximum absolute atomic E-state index is 11.5. The Balaban J connectivity index is 2.19. The lowest BCUT2D eigenvalue weighted by Gasteiger charge is -2.13. The second-order valence-electron chi connectivity index (χ2n) is 4.42. The van der Waals surface area contributed by atoms with Crippen LogP contribution in [0.15, 0.2) is 23.8 Å². The first-order valence-corrected chi connectivity index (χ1v) is 6.50. The van der Waals surface area contributed by atoms with Crippen LogP contribution < -0.4 is 5.32 Å². The highest BCUT2D eigenvalue weighted by atomic mass is 35.5. The Morgan fingerprint density at radius 1 is 1.47 bits per heavy atom. The quantitative estimate of drug-likeness (QED) is 0.786. The SMILES string of the molecule is CNCC(=O)COC(=C1CC1)c1c(O)cccc1Cl. The minimum absolute atomic E-state index is 0.0235. The zero-order chi connectivity index (χ0) is 13.8. The first kappa shape index (κ1) is 13.9. The van der Waals surface area contributed by atoms with Crippen LogP contribution >= 0.6 is 11.6 Å². The van der Waals surface area contributed by atoms with Crippen molar-refractivity contribution in [1.82, 2.24) is 5.32 Å². The number of likely N-dealkylation sites (N-methyl/N-ethyl adjacent to an activating group) is 1. The second kappa shape index (κ2) is 6.08. The van der Waals surface area contributed by atoms with Crippen LogP contribution in [0.1, 0.15) is 18.4 Å². The molecule has 0 heterocycles. The molecular weight excluding hydrogens is 266 g/mol. The van der Waals surface area contributed by atoms with E-state index in [-0.39, 0.29) is 24.7 Å². The fraction of sp³-hybridized carbons (Fsp3) is 0.357. The molecule has 0 aliphatic heterocycles. The van der Waals surface area contributed by atoms with E-state index in [1.54, 1.807) is 25.2 Å². The van der Waals surface area contributed by atoms with Crippen LogP contribution in [0.3, 0.4) is 0 Å². The number of rotatable bonds is 6. The van der Waals surface area contributed by atoms with E-state index in [9.17, 15) is 9.90 Å². The van der Waals surface area contributed by atoms with Crippen molar-refractivity contribution < 1.29 is 14.6 Å². The number of carbonyl (C=O) groups is 1. The van der Waals surface area contributed by atoms with E-state index in [2.05, 4.69) is 5.32 Å². The number of ether oxygens (including phenoxy) is 1. The van der Waals surface area contributed by atoms with Crippen molar-refractivity contribution in [2.75, 3.05) is 20.2 Å². The predicted octanol–water partition coefficient (Wildman–Crippen LogP) is 2.36. The summed E-state index contributed by atoms with van der Waals surface area (Å²) in [5.74, 6) is 0.573. The highest BCUT2D eigenvalue weighted by Gasteiger charge is 2.25. The molecule has 5 heteroatoms. The summed E-state index contributed by atoms with van der Waals surface area (Å²) < 4.78 is 5.57. The third-order valence-corrected chi connectivity index (χ3v) is 3.11. The Bertz CT molecular complexity index is 499. The van der Waals surface area contributed by atoms with Crippen molar-refractivity contribution in [2.45, 2.75) is 12.8 Å². The van der Waals surface area contributed by atoms with E-state index in [4.69, 9.17) is 16.3 Å². The number of phenolic OH excluding ortho intramolecular Hbond substituents is 1. The van der Waals surface area contributed by atoms with Gasteiger partial charge in [0.15, 0.2) is 5.78 Å². The lowest BCUT2D eigenvalue weighted by atomic mass is 10.1. The van der Waals surface area contributed by atoms with Gasteiger partial charge in [-0.25, -0.2) is 0 Å². The molecule has 0 saturated heterocycles. The average Bonchev–Trinajstić information content (AvgIpc) is 3.17. The molecule has 1 aromatic carbocycles. The van der Waals surface area contributed by atoms with Crippen molar-refractivity contribution in [3.8, 4) is 5.75 Å². The molecule has 1 aliphatic carbocycles. The number of allylic oxidation sites excluding steroid dienone is 1. The summed E-state index contributed by atoms with van der Waals surface area (Å²) in [4.78, 5) is 11.5. The molecule has 0 atom stereocenters. The van der Waals surface area contributed by atoms with Gasteiger partial charge in [-0.2, -0.15) is 0 Å². The number of phenols is 1. The standard InChI is InChI=1S/C14H16ClNO3/c1-16-7-10(17)8-19-14(9-5-6-9)13-11(15)3-2-4-12(13)18/h2-4,16,18H,5-8H2,1H3. The Hall–Kier alpha value is -1.52. The minimum atomic E-state index is -0.0483. The third kappa shape index (κ3) is 3.49. The van der Waals surface area contributed by atoms with Gasteiger partial charge >= 0.3 is 0 Å². The van der Waals surface area contributed by atoms with Crippen molar-refractivity contribution in [1.29, 1.82) is 0 Å². The van der Waals surface area contributed by atoms with Gasteiger partial charge < -0.3 is 15.2 Å². The number of hydrogen-bond acceptors (Lipinski definition) is 4. The Kier molecular flexibility index (Phi) is 4.45. The number of aromatic hydroxyl groups is 1. The first-order valence-electron chi connectivity index (χ1n) is 6.12. The molecule has 2 N–H and O–H groups in total. The number of hydrogen-bond donors (Lipinski definition) is 2. The number of nitrogens with one attached hydrogen (secondary N) is 1. The molecule has 102 valence electrons. The fourth-order valence-electron chi connectivity index (χ4n) is 1.78. The van der Waals surface area contributed by atoms with E-state index in [1.165, 1.54) is 0 Å². The zero-order valence-electron chi connectivity index (χ0n) is 10.7. The van der Waals surface area contributed by atoms with E-state index in [1.807, 2.05) is 0 Å². The number of Topliss-reactive ketones (excluding diaryl/α,β-unsaturated/α-hetero) is 1. The van der Waals surface area contributed by atoms with Gasteiger partial charge in [-0.05, 0) is 37.6 Å². The Morgan fingerprint density at radius 2 is 2.21 bits per heavy atom. The van der Waals surface area contributed by atoms with Crippen LogP contribution in [0.2, 0.25) is 5.02 Å². The van der Waals surface area contributed by atoms with Gasteiger partial charge in [-0.1, -0.05) is 17.7 Å². The van der Waals surface area contributed by atoms with E-state index >= 15 is 0 Å². The van der Waals surface area contributed by atoms with Gasteiger partial charge in [0.25, 0.3) is 0 Å². The molecule has 4 nitrogen and oxygen atoms in total. The van der Waals surface area contributed by atoms with E-state index in [0.29, 0.717) is 16.3 Å². The minimum Gasteiger partial charge on any atom is -0.507 e. The molecule has 0 unspecified atom stereocenters.